The van der Waals surface area contributed by atoms with Gasteiger partial charge in [0.25, 0.3) is 0 Å². The van der Waals surface area contributed by atoms with E-state index in [-0.39, 0.29) is 20.7 Å². The van der Waals surface area contributed by atoms with Gasteiger partial charge in [0.2, 0.25) is 0 Å². The van der Waals surface area contributed by atoms with Gasteiger partial charge in [0, 0.05) is 0 Å². The number of benzene rings is 1. The Morgan fingerprint density at radius 2 is 2.38 bits per heavy atom. The van der Waals surface area contributed by atoms with Gasteiger partial charge in [-0.2, -0.15) is 0 Å². The maximum atomic E-state index is 11.2. The molecule has 4 heteroatoms. The van der Waals surface area contributed by atoms with Gasteiger partial charge in [0.15, 0.2) is 0 Å². The van der Waals surface area contributed by atoms with Gasteiger partial charge in [0.1, 0.15) is 0 Å². The third kappa shape index (κ3) is 1.50. The molecule has 13 heavy (non-hydrogen) atoms. The third-order valence-corrected chi connectivity index (χ3v) is 3.41. The Kier molecular flexibility index (Phi) is 2.17. The van der Waals surface area contributed by atoms with Gasteiger partial charge < -0.3 is 0 Å². The summed E-state index contributed by atoms with van der Waals surface area (Å²) in [6, 6.07) is 5.54. The molecule has 0 aliphatic carbocycles. The summed E-state index contributed by atoms with van der Waals surface area (Å²) in [5.74, 6) is -0.296. The molecule has 0 atom stereocenters. The molecule has 0 spiro atoms. The Balaban J connectivity index is 2.54. The summed E-state index contributed by atoms with van der Waals surface area (Å²) in [6.07, 6.45) is 1.81. The predicted molar refractivity (Wildman–Crippen MR) is 50.0 cm³/mol. The summed E-state index contributed by atoms with van der Waals surface area (Å²) in [5.41, 5.74) is 0.588. The van der Waals surface area contributed by atoms with Crippen LogP contribution in [0, 0.1) is 0 Å². The summed E-state index contributed by atoms with van der Waals surface area (Å²) in [6.45, 7) is 0. The van der Waals surface area contributed by atoms with Crippen LogP contribution in [-0.4, -0.2) is 31.8 Å². The minimum absolute atomic E-state index is 0.198. The Labute approximate surface area is 81.3 Å². The number of rotatable bonds is 1. The van der Waals surface area contributed by atoms with Crippen molar-refractivity contribution < 1.29 is 9.53 Å². The van der Waals surface area contributed by atoms with E-state index in [2.05, 4.69) is 8.72 Å². The van der Waals surface area contributed by atoms with Crippen molar-refractivity contribution in [3.8, 4) is 0 Å². The van der Waals surface area contributed by atoms with Crippen molar-refractivity contribution in [1.29, 1.82) is 0 Å². The fourth-order valence-corrected chi connectivity index (χ4v) is 2.43. The van der Waals surface area contributed by atoms with Crippen LogP contribution in [0.1, 0.15) is 10.4 Å². The number of nitrogens with zero attached hydrogens (tertiary/aromatic N) is 1. The second-order valence-electron chi connectivity index (χ2n) is 2.57. The summed E-state index contributed by atoms with van der Waals surface area (Å²) in [7, 11) is 1.38. The molecule has 2 rings (SSSR count). The SMILES string of the molecule is COC(=O)c1ccc2[se]ncc2c1. The first-order valence-corrected chi connectivity index (χ1v) is 5.36. The van der Waals surface area contributed by atoms with Gasteiger partial charge in [-0.15, -0.1) is 0 Å². The zero-order valence-corrected chi connectivity index (χ0v) is 8.69. The zero-order valence-electron chi connectivity index (χ0n) is 6.98. The quantitative estimate of drug-likeness (QED) is 0.553. The standard InChI is InChI=1S/C9H7NO2Se/c1-12-9(11)6-2-3-8-7(4-6)5-10-13-8/h2-5H,1H3. The molecule has 1 aromatic heterocycles. The van der Waals surface area contributed by atoms with Crippen molar-refractivity contribution in [2.24, 2.45) is 0 Å². The number of methoxy groups -OCH3 is 1. The van der Waals surface area contributed by atoms with Gasteiger partial charge in [-0.05, 0) is 0 Å². The molecule has 66 valence electrons. The van der Waals surface area contributed by atoms with E-state index in [9.17, 15) is 4.79 Å². The average molecular weight is 240 g/mol. The average Bonchev–Trinajstić information content (AvgIpc) is 2.63. The van der Waals surface area contributed by atoms with Crippen LogP contribution in [0.4, 0.5) is 0 Å². The van der Waals surface area contributed by atoms with Crippen LogP contribution in [0.2, 0.25) is 0 Å². The number of fused-ring (bicyclic) bond motifs is 1. The number of carbonyl (C=O) groups excluding carboxylic acids is 1. The molecule has 0 unspecified atom stereocenters. The molecular weight excluding hydrogens is 233 g/mol. The van der Waals surface area contributed by atoms with Crippen LogP contribution in [-0.2, 0) is 4.74 Å². The van der Waals surface area contributed by atoms with E-state index in [0.29, 0.717) is 5.56 Å². The monoisotopic (exact) mass is 241 g/mol. The van der Waals surface area contributed by atoms with E-state index in [1.54, 1.807) is 6.07 Å². The van der Waals surface area contributed by atoms with Crippen molar-refractivity contribution in [1.82, 2.24) is 3.98 Å². The first kappa shape index (κ1) is 8.48. The number of aromatic nitrogens is 1. The Morgan fingerprint density at radius 3 is 3.15 bits per heavy atom. The molecule has 0 fully saturated rings. The first-order valence-electron chi connectivity index (χ1n) is 3.74. The van der Waals surface area contributed by atoms with Crippen molar-refractivity contribution in [3.63, 3.8) is 0 Å². The predicted octanol–water partition coefficient (Wildman–Crippen LogP) is 1.08. The molecule has 0 bridgehead atoms. The number of ether oxygens (including phenoxy) is 1. The van der Waals surface area contributed by atoms with E-state index in [0.717, 1.165) is 5.39 Å². The van der Waals surface area contributed by atoms with Crippen LogP contribution in [0.15, 0.2) is 24.4 Å². The molecular formula is C9H7NO2Se. The summed E-state index contributed by atoms with van der Waals surface area (Å²) >= 11 is 0.198. The van der Waals surface area contributed by atoms with E-state index in [1.165, 1.54) is 11.4 Å². The van der Waals surface area contributed by atoms with Crippen LogP contribution < -0.4 is 0 Å². The Hall–Kier alpha value is -1.12. The van der Waals surface area contributed by atoms with Crippen LogP contribution in [0.5, 0.6) is 0 Å². The minimum atomic E-state index is -0.296. The van der Waals surface area contributed by atoms with E-state index < -0.39 is 0 Å². The molecule has 3 nitrogen and oxygen atoms in total. The second kappa shape index (κ2) is 3.32. The van der Waals surface area contributed by atoms with Gasteiger partial charge in [-0.25, -0.2) is 0 Å². The van der Waals surface area contributed by atoms with Crippen molar-refractivity contribution in [2.45, 2.75) is 0 Å². The Bertz CT molecular complexity index is 450. The van der Waals surface area contributed by atoms with Gasteiger partial charge in [-0.1, -0.05) is 0 Å². The molecule has 1 aromatic carbocycles. The number of hydrogen-bond donors (Lipinski definition) is 0. The number of esters is 1. The molecule has 0 radical (unpaired) electrons. The molecule has 0 aliphatic rings. The molecule has 1 heterocycles. The summed E-state index contributed by atoms with van der Waals surface area (Å²) in [4.78, 5) is 11.2. The molecule has 0 N–H and O–H groups in total. The van der Waals surface area contributed by atoms with Crippen molar-refractivity contribution in [3.05, 3.63) is 30.0 Å². The normalized spacial score (nSPS) is 10.2. The molecule has 0 saturated heterocycles. The van der Waals surface area contributed by atoms with Gasteiger partial charge >= 0.3 is 80.9 Å². The molecule has 0 aliphatic heterocycles. The van der Waals surface area contributed by atoms with Crippen LogP contribution >= 0.6 is 0 Å². The third-order valence-electron chi connectivity index (χ3n) is 1.77. The molecule has 0 saturated carbocycles. The molecule has 0 amide bonds. The van der Waals surface area contributed by atoms with Crippen molar-refractivity contribution >= 4 is 30.3 Å². The van der Waals surface area contributed by atoms with E-state index >= 15 is 0 Å². The fourth-order valence-electron chi connectivity index (χ4n) is 1.12. The molecule has 2 aromatic rings. The van der Waals surface area contributed by atoms with Crippen LogP contribution in [0.25, 0.3) is 9.65 Å². The Morgan fingerprint density at radius 1 is 1.54 bits per heavy atom. The van der Waals surface area contributed by atoms with E-state index in [1.807, 2.05) is 18.3 Å². The zero-order chi connectivity index (χ0) is 9.26. The fraction of sp³-hybridized carbons (Fsp3) is 0.111. The first-order chi connectivity index (χ1) is 6.31. The second-order valence-corrected chi connectivity index (χ2v) is 4.32. The number of hydrogen-bond acceptors (Lipinski definition) is 3. The van der Waals surface area contributed by atoms with Crippen molar-refractivity contribution in [2.75, 3.05) is 7.11 Å². The summed E-state index contributed by atoms with van der Waals surface area (Å²) in [5, 5.41) is 1.04. The summed E-state index contributed by atoms with van der Waals surface area (Å²) < 4.78 is 10.0. The van der Waals surface area contributed by atoms with Crippen LogP contribution in [0.3, 0.4) is 0 Å². The van der Waals surface area contributed by atoms with E-state index in [4.69, 9.17) is 0 Å². The number of carbonyl (C=O) groups is 1. The topological polar surface area (TPSA) is 39.2 Å². The van der Waals surface area contributed by atoms with Gasteiger partial charge in [-0.3, -0.25) is 0 Å². The van der Waals surface area contributed by atoms with Gasteiger partial charge in [0.05, 0.1) is 0 Å². The maximum absolute atomic E-state index is 11.2.